The van der Waals surface area contributed by atoms with Crippen LogP contribution in [0.1, 0.15) is 16.1 Å². The van der Waals surface area contributed by atoms with Gasteiger partial charge < -0.3 is 9.67 Å². The zero-order chi connectivity index (χ0) is 13.0. The van der Waals surface area contributed by atoms with Crippen LogP contribution in [0.3, 0.4) is 0 Å². The summed E-state index contributed by atoms with van der Waals surface area (Å²) in [6, 6.07) is 2.55. The van der Waals surface area contributed by atoms with E-state index in [2.05, 4.69) is 9.97 Å². The van der Waals surface area contributed by atoms with Crippen molar-refractivity contribution in [2.75, 3.05) is 0 Å². The summed E-state index contributed by atoms with van der Waals surface area (Å²) in [7, 11) is 0. The van der Waals surface area contributed by atoms with Crippen LogP contribution in [-0.2, 0) is 13.0 Å². The highest BCUT2D eigenvalue weighted by Crippen LogP contribution is 1.98. The molecule has 0 atom stereocenters. The number of hydrogen-bond acceptors (Lipinski definition) is 4. The van der Waals surface area contributed by atoms with Gasteiger partial charge in [0, 0.05) is 43.8 Å². The summed E-state index contributed by atoms with van der Waals surface area (Å²) in [6.45, 7) is 0.374. The smallest absolute Gasteiger partial charge is 0.337 e. The van der Waals surface area contributed by atoms with E-state index in [1.165, 1.54) is 22.9 Å². The molecule has 6 heteroatoms. The van der Waals surface area contributed by atoms with Crippen LogP contribution in [0.4, 0.5) is 0 Å². The molecule has 0 spiro atoms. The second kappa shape index (κ2) is 5.22. The predicted octanol–water partition coefficient (Wildman–Crippen LogP) is 0.579. The van der Waals surface area contributed by atoms with Crippen LogP contribution in [0.5, 0.6) is 0 Å². The molecule has 0 bridgehead atoms. The largest absolute Gasteiger partial charge is 0.478 e. The second-order valence-corrected chi connectivity index (χ2v) is 3.70. The van der Waals surface area contributed by atoms with Crippen molar-refractivity contribution in [2.24, 2.45) is 0 Å². The average Bonchev–Trinajstić information content (AvgIpc) is 2.38. The highest BCUT2D eigenvalue weighted by Gasteiger charge is 2.05. The maximum Gasteiger partial charge on any atom is 0.337 e. The molecule has 2 aromatic heterocycles. The lowest BCUT2D eigenvalue weighted by atomic mass is 10.2. The molecule has 0 unspecified atom stereocenters. The van der Waals surface area contributed by atoms with Gasteiger partial charge in [-0.1, -0.05) is 0 Å². The van der Waals surface area contributed by atoms with Gasteiger partial charge in [0.1, 0.15) is 0 Å². The number of rotatable bonds is 4. The first-order chi connectivity index (χ1) is 8.66. The number of hydrogen-bond donors (Lipinski definition) is 1. The minimum absolute atomic E-state index is 0.0914. The molecule has 0 saturated carbocycles. The molecule has 2 heterocycles. The molecule has 0 aliphatic rings. The Morgan fingerprint density at radius 2 is 2.17 bits per heavy atom. The molecule has 0 saturated heterocycles. The predicted molar refractivity (Wildman–Crippen MR) is 63.4 cm³/mol. The van der Waals surface area contributed by atoms with E-state index in [9.17, 15) is 9.59 Å². The first-order valence-electron chi connectivity index (χ1n) is 5.35. The quantitative estimate of drug-likeness (QED) is 0.851. The van der Waals surface area contributed by atoms with Gasteiger partial charge in [0.05, 0.1) is 11.3 Å². The molecule has 0 amide bonds. The third kappa shape index (κ3) is 2.79. The van der Waals surface area contributed by atoms with Crippen molar-refractivity contribution in [2.45, 2.75) is 13.0 Å². The van der Waals surface area contributed by atoms with Crippen molar-refractivity contribution in [3.8, 4) is 0 Å². The summed E-state index contributed by atoms with van der Waals surface area (Å²) in [5, 5.41) is 8.85. The fourth-order valence-electron chi connectivity index (χ4n) is 1.53. The van der Waals surface area contributed by atoms with Gasteiger partial charge in [-0.25, -0.2) is 4.79 Å². The van der Waals surface area contributed by atoms with Crippen molar-refractivity contribution >= 4 is 5.97 Å². The van der Waals surface area contributed by atoms with E-state index in [0.29, 0.717) is 13.0 Å². The molecule has 0 radical (unpaired) electrons. The maximum absolute atomic E-state index is 11.5. The van der Waals surface area contributed by atoms with E-state index < -0.39 is 5.97 Å². The number of aromatic nitrogens is 3. The molecule has 6 nitrogen and oxygen atoms in total. The van der Waals surface area contributed by atoms with Crippen LogP contribution < -0.4 is 5.56 Å². The highest BCUT2D eigenvalue weighted by molar-refractivity contribution is 5.87. The summed E-state index contributed by atoms with van der Waals surface area (Å²) < 4.78 is 1.36. The fraction of sp³-hybridized carbons (Fsp3) is 0.167. The van der Waals surface area contributed by atoms with Gasteiger partial charge in [0.15, 0.2) is 0 Å². The summed E-state index contributed by atoms with van der Waals surface area (Å²) in [5.41, 5.74) is 0.614. The number of pyridine rings is 1. The Hall–Kier alpha value is -2.50. The number of nitrogens with zero attached hydrogens (tertiary/aromatic N) is 3. The Kier molecular flexibility index (Phi) is 3.47. The normalized spacial score (nSPS) is 10.2. The lowest BCUT2D eigenvalue weighted by Crippen LogP contribution is -2.21. The van der Waals surface area contributed by atoms with Crippen LogP contribution in [0.2, 0.25) is 0 Å². The SMILES string of the molecule is O=C(O)c1ccc(=O)n(CCc2cnccn2)c1. The highest BCUT2D eigenvalue weighted by atomic mass is 16.4. The molecular formula is C12H11N3O3. The van der Waals surface area contributed by atoms with E-state index in [4.69, 9.17) is 5.11 Å². The van der Waals surface area contributed by atoms with Crippen LogP contribution >= 0.6 is 0 Å². The van der Waals surface area contributed by atoms with Crippen LogP contribution in [0, 0.1) is 0 Å². The topological polar surface area (TPSA) is 85.1 Å². The van der Waals surface area contributed by atoms with E-state index in [1.807, 2.05) is 0 Å². The lowest BCUT2D eigenvalue weighted by Gasteiger charge is -2.05. The van der Waals surface area contributed by atoms with Gasteiger partial charge in [-0.3, -0.25) is 14.8 Å². The third-order valence-corrected chi connectivity index (χ3v) is 2.46. The van der Waals surface area contributed by atoms with Gasteiger partial charge in [-0.05, 0) is 6.07 Å². The molecule has 0 fully saturated rings. The minimum atomic E-state index is -1.05. The average molecular weight is 245 g/mol. The molecule has 0 aliphatic carbocycles. The zero-order valence-corrected chi connectivity index (χ0v) is 9.48. The number of carboxylic acids is 1. The van der Waals surface area contributed by atoms with Crippen molar-refractivity contribution in [1.29, 1.82) is 0 Å². The second-order valence-electron chi connectivity index (χ2n) is 3.70. The summed E-state index contributed by atoms with van der Waals surface area (Å²) in [6.07, 6.45) is 6.62. The van der Waals surface area contributed by atoms with Crippen molar-refractivity contribution in [3.63, 3.8) is 0 Å². The lowest BCUT2D eigenvalue weighted by molar-refractivity contribution is 0.0696. The molecule has 1 N–H and O–H groups in total. The van der Waals surface area contributed by atoms with Gasteiger partial charge in [0.25, 0.3) is 5.56 Å². The molecule has 0 aromatic carbocycles. The van der Waals surface area contributed by atoms with Gasteiger partial charge in [0.2, 0.25) is 0 Å². The number of carboxylic acid groups (broad SMARTS) is 1. The van der Waals surface area contributed by atoms with E-state index >= 15 is 0 Å². The Morgan fingerprint density at radius 3 is 2.83 bits per heavy atom. The van der Waals surface area contributed by atoms with Crippen molar-refractivity contribution < 1.29 is 9.90 Å². The molecule has 2 aromatic rings. The van der Waals surface area contributed by atoms with E-state index in [0.717, 1.165) is 5.69 Å². The fourth-order valence-corrected chi connectivity index (χ4v) is 1.53. The van der Waals surface area contributed by atoms with Crippen LogP contribution in [-0.4, -0.2) is 25.6 Å². The maximum atomic E-state index is 11.5. The summed E-state index contributed by atoms with van der Waals surface area (Å²) in [5.74, 6) is -1.05. The monoisotopic (exact) mass is 245 g/mol. The first kappa shape index (κ1) is 12.0. The number of carbonyl (C=O) groups is 1. The Morgan fingerprint density at radius 1 is 1.33 bits per heavy atom. The molecule has 92 valence electrons. The van der Waals surface area contributed by atoms with Gasteiger partial charge >= 0.3 is 5.97 Å². The summed E-state index contributed by atoms with van der Waals surface area (Å²) >= 11 is 0. The zero-order valence-electron chi connectivity index (χ0n) is 9.48. The Labute approximate surface area is 103 Å². The Balaban J connectivity index is 2.16. The summed E-state index contributed by atoms with van der Waals surface area (Å²) in [4.78, 5) is 30.4. The van der Waals surface area contributed by atoms with Crippen LogP contribution in [0.25, 0.3) is 0 Å². The minimum Gasteiger partial charge on any atom is -0.478 e. The van der Waals surface area contributed by atoms with Crippen molar-refractivity contribution in [3.05, 3.63) is 58.5 Å². The van der Waals surface area contributed by atoms with Gasteiger partial charge in [-0.15, -0.1) is 0 Å². The third-order valence-electron chi connectivity index (χ3n) is 2.46. The number of aryl methyl sites for hydroxylation is 2. The first-order valence-corrected chi connectivity index (χ1v) is 5.35. The standard InChI is InChI=1S/C12H11N3O3/c16-11-2-1-9(12(17)18)8-15(11)6-3-10-7-13-4-5-14-10/h1-2,4-5,7-8H,3,6H2,(H,17,18). The molecule has 0 aliphatic heterocycles. The molecule has 18 heavy (non-hydrogen) atoms. The van der Waals surface area contributed by atoms with Gasteiger partial charge in [-0.2, -0.15) is 0 Å². The number of aromatic carboxylic acids is 1. The Bertz CT molecular complexity index is 607. The van der Waals surface area contributed by atoms with E-state index in [1.54, 1.807) is 18.6 Å². The van der Waals surface area contributed by atoms with E-state index in [-0.39, 0.29) is 11.1 Å². The molecule has 2 rings (SSSR count). The molecular weight excluding hydrogens is 234 g/mol. The van der Waals surface area contributed by atoms with Crippen molar-refractivity contribution in [1.82, 2.24) is 14.5 Å². The van der Waals surface area contributed by atoms with Crippen LogP contribution in [0.15, 0.2) is 41.7 Å².